The summed E-state index contributed by atoms with van der Waals surface area (Å²) in [4.78, 5) is 23.1. The summed E-state index contributed by atoms with van der Waals surface area (Å²) in [5.74, 6) is 3.97. The second-order valence-electron chi connectivity index (χ2n) is 5.18. The van der Waals surface area contributed by atoms with Crippen LogP contribution in [-0.2, 0) is 19.6 Å². The Kier molecular flexibility index (Phi) is 3.01. The molecule has 0 bridgehead atoms. The summed E-state index contributed by atoms with van der Waals surface area (Å²) < 4.78 is 22.9. The monoisotopic (exact) mass is 263 g/mol. The minimum atomic E-state index is -3.66. The van der Waals surface area contributed by atoms with Gasteiger partial charge in [-0.1, -0.05) is 0 Å². The largest absolute Gasteiger partial charge is 0.294 e. The Morgan fingerprint density at radius 1 is 1.47 bits per heavy atom. The van der Waals surface area contributed by atoms with Crippen LogP contribution in [0, 0.1) is 5.41 Å². The Balaban J connectivity index is 2.94. The molecule has 0 aromatic rings. The van der Waals surface area contributed by atoms with E-state index in [1.54, 1.807) is 0 Å². The molecule has 1 saturated heterocycles. The molecule has 1 rings (SSSR count). The number of hydrazine groups is 1. The van der Waals surface area contributed by atoms with Crippen molar-refractivity contribution in [2.75, 3.05) is 6.54 Å². The Hall–Kier alpha value is -1.15. The van der Waals surface area contributed by atoms with Gasteiger partial charge in [0.1, 0.15) is 0 Å². The summed E-state index contributed by atoms with van der Waals surface area (Å²) >= 11 is 0. The maximum absolute atomic E-state index is 11.8. The van der Waals surface area contributed by atoms with E-state index in [0.717, 1.165) is 4.31 Å². The van der Waals surface area contributed by atoms with Crippen molar-refractivity contribution in [3.05, 3.63) is 0 Å². The zero-order valence-electron chi connectivity index (χ0n) is 10.3. The van der Waals surface area contributed by atoms with Gasteiger partial charge < -0.3 is 0 Å². The van der Waals surface area contributed by atoms with Crippen LogP contribution < -0.4 is 11.3 Å². The van der Waals surface area contributed by atoms with E-state index in [0.29, 0.717) is 0 Å². The zero-order chi connectivity index (χ0) is 13.6. The average Bonchev–Trinajstić information content (AvgIpc) is 2.23. The third kappa shape index (κ3) is 1.81. The van der Waals surface area contributed by atoms with Crippen LogP contribution in [0.2, 0.25) is 0 Å². The molecular formula is C9H17N3O4S. The predicted octanol–water partition coefficient (Wildman–Crippen LogP) is -1.05. The molecule has 0 aromatic heterocycles. The lowest BCUT2D eigenvalue weighted by atomic mass is 9.92. The number of amides is 2. The van der Waals surface area contributed by atoms with E-state index in [4.69, 9.17) is 5.84 Å². The molecule has 0 unspecified atom stereocenters. The molecule has 0 aliphatic carbocycles. The molecule has 1 heterocycles. The molecule has 1 aliphatic heterocycles. The molecule has 7 nitrogen and oxygen atoms in total. The van der Waals surface area contributed by atoms with Gasteiger partial charge >= 0.3 is 0 Å². The van der Waals surface area contributed by atoms with E-state index < -0.39 is 32.0 Å². The minimum absolute atomic E-state index is 0.208. The van der Waals surface area contributed by atoms with Crippen LogP contribution in [0.1, 0.15) is 27.7 Å². The van der Waals surface area contributed by atoms with Gasteiger partial charge in [0, 0.05) is 0 Å². The molecule has 0 atom stereocenters. The van der Waals surface area contributed by atoms with Crippen LogP contribution in [0.3, 0.4) is 0 Å². The fourth-order valence-corrected chi connectivity index (χ4v) is 3.23. The number of carbonyl (C=O) groups is 2. The van der Waals surface area contributed by atoms with Gasteiger partial charge in [-0.2, -0.15) is 0 Å². The molecule has 0 spiro atoms. The van der Waals surface area contributed by atoms with Gasteiger partial charge in [-0.05, 0) is 27.7 Å². The van der Waals surface area contributed by atoms with E-state index in [9.17, 15) is 18.0 Å². The first-order valence-electron chi connectivity index (χ1n) is 5.06. The highest BCUT2D eigenvalue weighted by molar-refractivity contribution is 7.94. The lowest BCUT2D eigenvalue weighted by Gasteiger charge is -2.45. The first kappa shape index (κ1) is 13.9. The summed E-state index contributed by atoms with van der Waals surface area (Å²) in [5, 5.41) is 0. The molecule has 0 aromatic carbocycles. The van der Waals surface area contributed by atoms with E-state index in [1.807, 2.05) is 5.43 Å². The Morgan fingerprint density at radius 2 is 1.94 bits per heavy atom. The van der Waals surface area contributed by atoms with Gasteiger partial charge in [-0.3, -0.25) is 15.0 Å². The van der Waals surface area contributed by atoms with Crippen molar-refractivity contribution in [2.45, 2.75) is 32.4 Å². The predicted molar refractivity (Wildman–Crippen MR) is 60.8 cm³/mol. The molecule has 3 N–H and O–H groups in total. The smallest absolute Gasteiger partial charge is 0.258 e. The number of rotatable bonds is 3. The molecule has 0 saturated carbocycles. The van der Waals surface area contributed by atoms with Crippen molar-refractivity contribution < 1.29 is 18.0 Å². The lowest BCUT2D eigenvalue weighted by Crippen LogP contribution is -2.69. The number of carbonyl (C=O) groups excluding carboxylic acids is 2. The van der Waals surface area contributed by atoms with Crippen molar-refractivity contribution in [1.29, 1.82) is 0 Å². The van der Waals surface area contributed by atoms with Crippen LogP contribution in [-0.4, -0.2) is 35.8 Å². The van der Waals surface area contributed by atoms with Gasteiger partial charge in [0.25, 0.3) is 15.9 Å². The summed E-state index contributed by atoms with van der Waals surface area (Å²) in [5.41, 5.74) is 0.888. The number of nitrogens with two attached hydrogens (primary N) is 1. The van der Waals surface area contributed by atoms with Crippen molar-refractivity contribution in [1.82, 2.24) is 9.73 Å². The summed E-state index contributed by atoms with van der Waals surface area (Å²) in [7, 11) is -3.66. The third-order valence-electron chi connectivity index (χ3n) is 2.96. The summed E-state index contributed by atoms with van der Waals surface area (Å²) in [6, 6.07) is 0. The maximum Gasteiger partial charge on any atom is 0.258 e. The molecule has 2 amide bonds. The molecule has 1 aliphatic rings. The van der Waals surface area contributed by atoms with Gasteiger partial charge in [-0.25, -0.2) is 18.6 Å². The highest BCUT2D eigenvalue weighted by Gasteiger charge is 2.61. The van der Waals surface area contributed by atoms with Crippen LogP contribution in [0.5, 0.6) is 0 Å². The SMILES string of the molecule is CC(C)(CN1C(=O)C(C)(C)S1(=O)=O)C(=O)NN. The molecule has 8 heteroatoms. The van der Waals surface area contributed by atoms with Crippen LogP contribution in [0.25, 0.3) is 0 Å². The van der Waals surface area contributed by atoms with Crippen molar-refractivity contribution in [3.8, 4) is 0 Å². The highest BCUT2D eigenvalue weighted by atomic mass is 32.2. The standard InChI is InChI=1S/C9H17N3O4S/c1-8(2,6(13)11-10)5-12-7(14)9(3,4)17(12,15)16/h5,10H2,1-4H3,(H,11,13). The normalized spacial score (nSPS) is 21.9. The minimum Gasteiger partial charge on any atom is -0.294 e. The van der Waals surface area contributed by atoms with Gasteiger partial charge in [0.15, 0.2) is 4.75 Å². The Morgan fingerprint density at radius 3 is 2.29 bits per heavy atom. The summed E-state index contributed by atoms with van der Waals surface area (Å²) in [6.45, 7) is 5.52. The van der Waals surface area contributed by atoms with Crippen molar-refractivity contribution in [3.63, 3.8) is 0 Å². The van der Waals surface area contributed by atoms with Crippen LogP contribution in [0.4, 0.5) is 0 Å². The second-order valence-corrected chi connectivity index (χ2v) is 7.60. The lowest BCUT2D eigenvalue weighted by molar-refractivity contribution is -0.136. The van der Waals surface area contributed by atoms with Crippen molar-refractivity contribution >= 4 is 21.8 Å². The van der Waals surface area contributed by atoms with E-state index in [1.165, 1.54) is 27.7 Å². The zero-order valence-corrected chi connectivity index (χ0v) is 11.1. The molecular weight excluding hydrogens is 246 g/mol. The highest BCUT2D eigenvalue weighted by Crippen LogP contribution is 2.37. The number of hydrogen-bond acceptors (Lipinski definition) is 5. The van der Waals surface area contributed by atoms with Gasteiger partial charge in [-0.15, -0.1) is 0 Å². The molecule has 1 fully saturated rings. The first-order valence-corrected chi connectivity index (χ1v) is 6.50. The van der Waals surface area contributed by atoms with Crippen LogP contribution >= 0.6 is 0 Å². The topological polar surface area (TPSA) is 110 Å². The quantitative estimate of drug-likeness (QED) is 0.384. The average molecular weight is 263 g/mol. The number of sulfonamides is 1. The Bertz CT molecular complexity index is 467. The maximum atomic E-state index is 11.8. The Labute approximate surface area is 100 Å². The molecule has 17 heavy (non-hydrogen) atoms. The van der Waals surface area contributed by atoms with Gasteiger partial charge in [0.05, 0.1) is 12.0 Å². The van der Waals surface area contributed by atoms with E-state index >= 15 is 0 Å². The number of hydrogen-bond donors (Lipinski definition) is 2. The van der Waals surface area contributed by atoms with E-state index in [-0.39, 0.29) is 6.54 Å². The fourth-order valence-electron chi connectivity index (χ4n) is 1.54. The van der Waals surface area contributed by atoms with Crippen molar-refractivity contribution in [2.24, 2.45) is 11.3 Å². The first-order chi connectivity index (χ1) is 7.48. The molecule has 98 valence electrons. The second kappa shape index (κ2) is 3.67. The number of nitrogens with one attached hydrogen (secondary N) is 1. The van der Waals surface area contributed by atoms with Crippen LogP contribution in [0.15, 0.2) is 0 Å². The molecule has 0 radical (unpaired) electrons. The third-order valence-corrected chi connectivity index (χ3v) is 5.30. The summed E-state index contributed by atoms with van der Waals surface area (Å²) in [6.07, 6.45) is 0. The number of nitrogens with zero attached hydrogens (tertiary/aromatic N) is 1. The fraction of sp³-hybridized carbons (Fsp3) is 0.778. The van der Waals surface area contributed by atoms with Gasteiger partial charge in [0.2, 0.25) is 5.91 Å². The van der Waals surface area contributed by atoms with E-state index in [2.05, 4.69) is 0 Å².